The van der Waals surface area contributed by atoms with Gasteiger partial charge in [-0.15, -0.1) is 5.10 Å². The molecular formula is C55H77Cl5N15O16PS2. The van der Waals surface area contributed by atoms with Crippen LogP contribution in [0, 0.1) is 0 Å². The number of hydrogen-bond acceptors (Lipinski definition) is 24. The second-order valence-corrected chi connectivity index (χ2v) is 29.1. The van der Waals surface area contributed by atoms with Gasteiger partial charge >= 0.3 is 17.8 Å². The van der Waals surface area contributed by atoms with E-state index in [1.165, 1.54) is 63.7 Å². The standard InChI is InChI=1S/C15H18Cl2N2O3.C15H18N6O6S.C11H11Cl2NO2.C8H14ClN5.C3H8NO5P.C3H9S/c1-8(2)21-12-7-11(9(16)6-10(12)17)19-14(20)22-13(18-19)15(3,4)5;1-21(2)13(22)9-6-5-7-16-12(9)28(24,25)20-15(23)19-14-17-10(26-3)8-11(18-14)27-4;1-7-6-16-9-5-3-2-4-8(9)14(7)11(15)10(12)13;1-4-10-7-12-6(9)13-8(14-7)11-5(2)3;5-3(6)1-4-2-10(7,8)9;1-4(2)3/h6-8H,1-5H3;5-8H,1-4H3,(H2,17,18,19,20,23);2-5,7,10H,6H2,1H3;5H,4H2,1-3H3,(H2,10,11,12,13,14);4H,1-2H2,(H,5,6)(H2,7,8,9);1-3H3/q;;;;;+1/p-1. The molecule has 2 unspecified atom stereocenters. The first-order chi connectivity index (χ1) is 43.6. The molecule has 0 radical (unpaired) electrons. The Balaban J connectivity index is 0.000000409. The van der Waals surface area contributed by atoms with E-state index < -0.39 is 64.0 Å². The normalized spacial score (nSPS) is 12.9. The Morgan fingerprint density at radius 1 is 0.894 bits per heavy atom. The molecule has 1 aliphatic heterocycles. The van der Waals surface area contributed by atoms with Gasteiger partial charge in [0, 0.05) is 44.4 Å². The van der Waals surface area contributed by atoms with Gasteiger partial charge in [0.25, 0.3) is 21.8 Å². The van der Waals surface area contributed by atoms with Gasteiger partial charge in [-0.2, -0.15) is 38.0 Å². The number of carbonyl (C=O) groups excluding carboxylic acids is 3. The number of carboxylic acid groups (broad SMARTS) is 1. The molecule has 0 bridgehead atoms. The maximum Gasteiger partial charge on any atom is 0.442 e. The number of methoxy groups -OCH3 is 2. The number of pyridine rings is 1. The van der Waals surface area contributed by atoms with E-state index in [1.807, 2.05) is 91.9 Å². The monoisotopic (exact) mass is 1470 g/mol. The van der Waals surface area contributed by atoms with E-state index in [2.05, 4.69) is 69.7 Å². The molecule has 0 saturated heterocycles. The van der Waals surface area contributed by atoms with Crippen LogP contribution < -0.4 is 60.5 Å². The van der Waals surface area contributed by atoms with E-state index in [1.54, 1.807) is 15.7 Å². The molecule has 7 rings (SSSR count). The predicted molar refractivity (Wildman–Crippen MR) is 361 cm³/mol. The minimum atomic E-state index is -4.46. The van der Waals surface area contributed by atoms with Gasteiger partial charge in [0.05, 0.1) is 91.0 Å². The SMILES string of the molecule is CC(C)Oc1cc(-n2nc(C(C)(C)C)oc2=O)c(Cl)cc1Cl.CC1COc2ccccc2N1C(=O)C(Cl)Cl.CCNc1nc(Cl)nc(NC(C)C)n1.COc1cc(OC)nc(NC(=O)NS(=O)(=O)c2ncccc2C(=O)N(C)C)n1.C[S+](C)C.O=C(O)CNCP(=O)([O-])O. The van der Waals surface area contributed by atoms with Crippen LogP contribution in [0.2, 0.25) is 15.3 Å². The Morgan fingerprint density at radius 2 is 1.49 bits per heavy atom. The highest BCUT2D eigenvalue weighted by Crippen LogP contribution is 2.36. The molecule has 0 aliphatic carbocycles. The zero-order valence-electron chi connectivity index (χ0n) is 54.1. The van der Waals surface area contributed by atoms with Gasteiger partial charge in [0.15, 0.2) is 9.86 Å². The number of anilines is 4. The summed E-state index contributed by atoms with van der Waals surface area (Å²) in [6.45, 7) is 18.1. The predicted octanol–water partition coefficient (Wildman–Crippen LogP) is 7.36. The van der Waals surface area contributed by atoms with Crippen molar-refractivity contribution in [2.24, 2.45) is 0 Å². The third-order valence-corrected chi connectivity index (χ3v) is 13.5. The molecule has 31 nitrogen and oxygen atoms in total. The number of para-hydroxylation sites is 2. The molecule has 4 aromatic heterocycles. The number of aromatic nitrogens is 8. The lowest BCUT2D eigenvalue weighted by Crippen LogP contribution is -2.47. The molecule has 2 aromatic carbocycles. The molecule has 7 N–H and O–H groups in total. The van der Waals surface area contributed by atoms with Crippen molar-refractivity contribution in [1.82, 2.24) is 54.6 Å². The first-order valence-electron chi connectivity index (χ1n) is 27.6. The lowest BCUT2D eigenvalue weighted by Gasteiger charge is -2.35. The van der Waals surface area contributed by atoms with Gasteiger partial charge in [-0.1, -0.05) is 79.3 Å². The number of amides is 4. The number of fused-ring (bicyclic) bond motifs is 1. The van der Waals surface area contributed by atoms with E-state index in [9.17, 15) is 41.8 Å². The molecule has 520 valence electrons. The molecule has 0 saturated carbocycles. The topological polar surface area (TPSA) is 412 Å². The van der Waals surface area contributed by atoms with Crippen LogP contribution in [-0.2, 0) is 40.5 Å². The summed E-state index contributed by atoms with van der Waals surface area (Å²) in [5, 5.41) is 22.6. The maximum absolute atomic E-state index is 12.5. The van der Waals surface area contributed by atoms with Crippen molar-refractivity contribution in [3.63, 3.8) is 0 Å². The Bertz CT molecular complexity index is 3670. The Morgan fingerprint density at radius 3 is 2.00 bits per heavy atom. The molecule has 0 spiro atoms. The zero-order chi connectivity index (χ0) is 71.6. The zero-order valence-corrected chi connectivity index (χ0v) is 60.5. The highest BCUT2D eigenvalue weighted by atomic mass is 35.5. The summed E-state index contributed by atoms with van der Waals surface area (Å²) in [6.07, 6.45) is 7.00. The second-order valence-electron chi connectivity index (χ2n) is 21.2. The Kier molecular flexibility index (Phi) is 34.6. The first-order valence-corrected chi connectivity index (χ1v) is 35.3. The van der Waals surface area contributed by atoms with Gasteiger partial charge in [0.1, 0.15) is 25.7 Å². The fraction of sp³-hybridized carbons (Fsp3) is 0.455. The van der Waals surface area contributed by atoms with Crippen LogP contribution in [0.5, 0.6) is 23.3 Å². The number of carboxylic acids is 1. The summed E-state index contributed by atoms with van der Waals surface area (Å²) < 4.78 is 64.1. The lowest BCUT2D eigenvalue weighted by atomic mass is 9.97. The number of nitrogens with zero attached hydrogens (tertiary/aromatic N) is 10. The fourth-order valence-electron chi connectivity index (χ4n) is 6.69. The number of ether oxygens (including phenoxy) is 4. The number of hydrogen-bond donors (Lipinski definition) is 7. The Hall–Kier alpha value is -7.04. The Labute approximate surface area is 572 Å². The molecular weight excluding hydrogens is 1400 g/mol. The van der Waals surface area contributed by atoms with E-state index in [4.69, 9.17) is 91.4 Å². The molecule has 0 fully saturated rings. The average Bonchev–Trinajstić information content (AvgIpc) is 1.35. The summed E-state index contributed by atoms with van der Waals surface area (Å²) in [5.74, 6) is -0.316. The number of rotatable bonds is 18. The molecule has 4 amide bonds. The van der Waals surface area contributed by atoms with Gasteiger partial charge in [0.2, 0.25) is 40.8 Å². The maximum atomic E-state index is 12.5. The van der Waals surface area contributed by atoms with Crippen molar-refractivity contribution < 1.29 is 70.4 Å². The number of sulfonamides is 1. The highest BCUT2D eigenvalue weighted by Gasteiger charge is 2.33. The van der Waals surface area contributed by atoms with Crippen molar-refractivity contribution in [2.75, 3.05) is 93.9 Å². The number of halogens is 5. The van der Waals surface area contributed by atoms with Crippen molar-refractivity contribution in [1.29, 1.82) is 0 Å². The number of aliphatic carboxylic acids is 1. The van der Waals surface area contributed by atoms with Gasteiger partial charge in [-0.25, -0.2) is 19.3 Å². The summed E-state index contributed by atoms with van der Waals surface area (Å²) >= 11 is 29.3. The summed E-state index contributed by atoms with van der Waals surface area (Å²) in [6, 6.07) is 13.5. The second kappa shape index (κ2) is 39.1. The van der Waals surface area contributed by atoms with E-state index in [0.717, 1.165) is 16.9 Å². The summed E-state index contributed by atoms with van der Waals surface area (Å²) in [7, 11) is -2.56. The number of benzene rings is 2. The summed E-state index contributed by atoms with van der Waals surface area (Å²) in [4.78, 5) is 101. The van der Waals surface area contributed by atoms with Crippen LogP contribution in [-0.4, -0.2) is 183 Å². The van der Waals surface area contributed by atoms with Crippen molar-refractivity contribution >= 4 is 134 Å². The van der Waals surface area contributed by atoms with Crippen molar-refractivity contribution in [2.45, 2.75) is 95.8 Å². The van der Waals surface area contributed by atoms with Crippen LogP contribution in [0.15, 0.2) is 75.0 Å². The van der Waals surface area contributed by atoms with Gasteiger partial charge in [-0.3, -0.25) is 25.0 Å². The minimum Gasteiger partial charge on any atom is -0.778 e. The van der Waals surface area contributed by atoms with Crippen LogP contribution >= 0.6 is 65.6 Å². The van der Waals surface area contributed by atoms with Crippen LogP contribution in [0.3, 0.4) is 0 Å². The summed E-state index contributed by atoms with van der Waals surface area (Å²) in [5.41, 5.74) is 0.510. The minimum absolute atomic E-state index is 0.0642. The first kappa shape index (κ1) is 83.1. The van der Waals surface area contributed by atoms with Gasteiger partial charge in [-0.05, 0) is 94.4 Å². The largest absolute Gasteiger partial charge is 0.778 e. The average molecular weight is 1480 g/mol. The van der Waals surface area contributed by atoms with Crippen LogP contribution in [0.1, 0.15) is 78.6 Å². The fourth-order valence-corrected chi connectivity index (χ4v) is 9.00. The smallest absolute Gasteiger partial charge is 0.442 e. The number of urea groups is 1. The molecule has 2 atom stereocenters. The number of alkyl halides is 2. The molecule has 94 heavy (non-hydrogen) atoms. The highest BCUT2D eigenvalue weighted by molar-refractivity contribution is 7.94. The molecule has 1 aliphatic rings. The van der Waals surface area contributed by atoms with Crippen LogP contribution in [0.25, 0.3) is 5.69 Å². The van der Waals surface area contributed by atoms with E-state index in [0.29, 0.717) is 57.5 Å². The molecule has 6 aromatic rings. The third kappa shape index (κ3) is 29.3. The number of nitrogens with one attached hydrogen (secondary N) is 5. The molecule has 5 heterocycles. The molecule has 39 heteroatoms. The number of carbonyl (C=O) groups is 4. The van der Waals surface area contributed by atoms with Crippen molar-refractivity contribution in [3.05, 3.63) is 98.1 Å². The van der Waals surface area contributed by atoms with E-state index in [-0.39, 0.29) is 63.1 Å². The van der Waals surface area contributed by atoms with Gasteiger partial charge < -0.3 is 63.3 Å². The van der Waals surface area contributed by atoms with Crippen LogP contribution in [0.4, 0.5) is 28.3 Å². The third-order valence-electron chi connectivity index (χ3n) is 10.4. The van der Waals surface area contributed by atoms with Crippen molar-refractivity contribution in [3.8, 4) is 28.9 Å². The lowest BCUT2D eigenvalue weighted by molar-refractivity contribution is -0.193. The quantitative estimate of drug-likeness (QED) is 0.0251. The van der Waals surface area contributed by atoms with E-state index >= 15 is 0 Å².